The highest BCUT2D eigenvalue weighted by Gasteiger charge is 2.52. The summed E-state index contributed by atoms with van der Waals surface area (Å²) in [6.07, 6.45) is 5.96. The Labute approximate surface area is 180 Å². The number of oxime groups is 1. The molecule has 5 heteroatoms. The summed E-state index contributed by atoms with van der Waals surface area (Å²) in [6.45, 7) is 12.9. The number of para-hydroxylation sites is 1. The van der Waals surface area contributed by atoms with Gasteiger partial charge in [0.1, 0.15) is 6.61 Å². The molecule has 0 amide bonds. The summed E-state index contributed by atoms with van der Waals surface area (Å²) >= 11 is 0. The van der Waals surface area contributed by atoms with Crippen LogP contribution in [0.25, 0.3) is 10.9 Å². The highest BCUT2D eigenvalue weighted by atomic mass is 16.6. The van der Waals surface area contributed by atoms with Gasteiger partial charge in [-0.05, 0) is 62.4 Å². The molecule has 0 unspecified atom stereocenters. The summed E-state index contributed by atoms with van der Waals surface area (Å²) in [5.74, 6) is 1.12. The molecule has 0 radical (unpaired) electrons. The van der Waals surface area contributed by atoms with E-state index >= 15 is 0 Å². The van der Waals surface area contributed by atoms with E-state index in [9.17, 15) is 0 Å². The first-order valence-electron chi connectivity index (χ1n) is 12.0. The van der Waals surface area contributed by atoms with Crippen LogP contribution in [0.2, 0.25) is 0 Å². The number of benzene rings is 1. The largest absolute Gasteiger partial charge is 0.393 e. The highest BCUT2D eigenvalue weighted by molar-refractivity contribution is 6.00. The van der Waals surface area contributed by atoms with Crippen LogP contribution in [-0.4, -0.2) is 59.5 Å². The van der Waals surface area contributed by atoms with Crippen molar-refractivity contribution in [3.8, 4) is 0 Å². The number of fused-ring (bicyclic) bond motifs is 3. The SMILES string of the molecule is CCN(CC)CCON=C1C[C@]2(CC)CCCN3CCc4c(n1c1ccccc41)[C@@H]32. The molecule has 162 valence electrons. The molecule has 1 aromatic carbocycles. The van der Waals surface area contributed by atoms with Crippen molar-refractivity contribution in [2.75, 3.05) is 39.3 Å². The number of nitrogens with zero attached hydrogens (tertiary/aromatic N) is 4. The van der Waals surface area contributed by atoms with E-state index in [1.807, 2.05) is 0 Å². The van der Waals surface area contributed by atoms with Gasteiger partial charge in [0.05, 0.1) is 11.6 Å². The van der Waals surface area contributed by atoms with E-state index < -0.39 is 0 Å². The molecule has 1 saturated heterocycles. The topological polar surface area (TPSA) is 33.0 Å². The third-order valence-electron chi connectivity index (χ3n) is 8.03. The minimum Gasteiger partial charge on any atom is -0.393 e. The summed E-state index contributed by atoms with van der Waals surface area (Å²) < 4.78 is 2.47. The summed E-state index contributed by atoms with van der Waals surface area (Å²) in [7, 11) is 0. The lowest BCUT2D eigenvalue weighted by Crippen LogP contribution is -2.53. The van der Waals surface area contributed by atoms with Crippen LogP contribution in [-0.2, 0) is 11.3 Å². The number of piperidine rings is 1. The van der Waals surface area contributed by atoms with Gasteiger partial charge >= 0.3 is 0 Å². The molecule has 4 heterocycles. The quantitative estimate of drug-likeness (QED) is 0.494. The number of hydrogen-bond donors (Lipinski definition) is 0. The zero-order valence-electron chi connectivity index (χ0n) is 18.9. The fraction of sp³-hybridized carbons (Fsp3) is 0.640. The van der Waals surface area contributed by atoms with Crippen molar-refractivity contribution in [3.05, 3.63) is 35.5 Å². The van der Waals surface area contributed by atoms with Crippen molar-refractivity contribution in [3.63, 3.8) is 0 Å². The third kappa shape index (κ3) is 3.01. The molecule has 3 aliphatic heterocycles. The van der Waals surface area contributed by atoms with Gasteiger partial charge in [0.2, 0.25) is 0 Å². The predicted octanol–water partition coefficient (Wildman–Crippen LogP) is 4.65. The van der Waals surface area contributed by atoms with Gasteiger partial charge in [-0.2, -0.15) is 0 Å². The molecule has 0 N–H and O–H groups in total. The van der Waals surface area contributed by atoms with Gasteiger partial charge in [-0.15, -0.1) is 0 Å². The Kier molecular flexibility index (Phi) is 5.36. The standard InChI is InChI=1S/C25H36N4O/c1-4-25-13-9-14-28-15-12-20-19-10-7-8-11-21(19)29(23(20)24(25)28)22(18-25)26-30-17-16-27(5-2)6-3/h7-8,10-11,24H,4-6,9,12-18H2,1-3H3/t24-,25+/m1/s1. The van der Waals surface area contributed by atoms with Crippen LogP contribution in [0.3, 0.4) is 0 Å². The van der Waals surface area contributed by atoms with Gasteiger partial charge in [0.15, 0.2) is 5.84 Å². The Morgan fingerprint density at radius 1 is 1.17 bits per heavy atom. The van der Waals surface area contributed by atoms with E-state index in [1.54, 1.807) is 5.56 Å². The highest BCUT2D eigenvalue weighted by Crippen LogP contribution is 2.57. The second-order valence-corrected chi connectivity index (χ2v) is 9.27. The minimum absolute atomic E-state index is 0.291. The lowest BCUT2D eigenvalue weighted by atomic mass is 9.64. The molecule has 1 aromatic heterocycles. The van der Waals surface area contributed by atoms with Crippen LogP contribution in [0.15, 0.2) is 29.4 Å². The van der Waals surface area contributed by atoms with Crippen molar-refractivity contribution in [2.24, 2.45) is 10.6 Å². The van der Waals surface area contributed by atoms with E-state index in [1.165, 1.54) is 48.9 Å². The molecule has 5 rings (SSSR count). The van der Waals surface area contributed by atoms with Crippen LogP contribution < -0.4 is 0 Å². The molecule has 0 spiro atoms. The summed E-state index contributed by atoms with van der Waals surface area (Å²) in [5, 5.41) is 6.21. The van der Waals surface area contributed by atoms with Crippen molar-refractivity contribution in [1.82, 2.24) is 14.4 Å². The molecule has 1 fully saturated rings. The average molecular weight is 409 g/mol. The molecule has 0 aliphatic carbocycles. The fourth-order valence-corrected chi connectivity index (χ4v) is 6.38. The van der Waals surface area contributed by atoms with Crippen molar-refractivity contribution in [2.45, 2.75) is 58.9 Å². The third-order valence-corrected chi connectivity index (χ3v) is 8.03. The zero-order chi connectivity index (χ0) is 20.7. The molecular weight excluding hydrogens is 372 g/mol. The maximum atomic E-state index is 5.95. The summed E-state index contributed by atoms with van der Waals surface area (Å²) in [6, 6.07) is 9.45. The number of rotatable bonds is 7. The van der Waals surface area contributed by atoms with Crippen molar-refractivity contribution in [1.29, 1.82) is 0 Å². The normalized spacial score (nSPS) is 27.1. The Bertz CT molecular complexity index is 944. The lowest BCUT2D eigenvalue weighted by Gasteiger charge is -2.55. The fourth-order valence-electron chi connectivity index (χ4n) is 6.38. The van der Waals surface area contributed by atoms with Gasteiger partial charge in [-0.1, -0.05) is 44.1 Å². The average Bonchev–Trinajstić information content (AvgIpc) is 3.13. The summed E-state index contributed by atoms with van der Waals surface area (Å²) in [4.78, 5) is 11.1. The number of hydrogen-bond acceptors (Lipinski definition) is 4. The molecule has 0 saturated carbocycles. The minimum atomic E-state index is 0.291. The first-order chi connectivity index (χ1) is 14.7. The molecule has 3 aliphatic rings. The molecule has 0 bridgehead atoms. The number of likely N-dealkylation sites (N-methyl/N-ethyl adjacent to an activating group) is 1. The Morgan fingerprint density at radius 3 is 2.80 bits per heavy atom. The smallest absolute Gasteiger partial charge is 0.153 e. The van der Waals surface area contributed by atoms with Crippen LogP contribution in [0, 0.1) is 5.41 Å². The van der Waals surface area contributed by atoms with Crippen LogP contribution in [0.5, 0.6) is 0 Å². The van der Waals surface area contributed by atoms with Gasteiger partial charge in [0, 0.05) is 30.6 Å². The maximum absolute atomic E-state index is 5.95. The van der Waals surface area contributed by atoms with E-state index in [2.05, 4.69) is 59.4 Å². The lowest BCUT2D eigenvalue weighted by molar-refractivity contribution is -0.00496. The second-order valence-electron chi connectivity index (χ2n) is 9.27. The van der Waals surface area contributed by atoms with Crippen LogP contribution in [0.1, 0.15) is 63.8 Å². The van der Waals surface area contributed by atoms with Gasteiger partial charge in [0.25, 0.3) is 0 Å². The van der Waals surface area contributed by atoms with Gasteiger partial charge in [-0.3, -0.25) is 9.47 Å². The van der Waals surface area contributed by atoms with Crippen LogP contribution in [0.4, 0.5) is 0 Å². The van der Waals surface area contributed by atoms with Crippen LogP contribution >= 0.6 is 0 Å². The second kappa shape index (κ2) is 8.01. The van der Waals surface area contributed by atoms with E-state index in [0.717, 1.165) is 38.3 Å². The van der Waals surface area contributed by atoms with E-state index in [0.29, 0.717) is 18.1 Å². The first kappa shape index (κ1) is 20.1. The molecule has 2 aromatic rings. The van der Waals surface area contributed by atoms with E-state index in [-0.39, 0.29) is 0 Å². The van der Waals surface area contributed by atoms with Crippen molar-refractivity contribution >= 4 is 16.7 Å². The monoisotopic (exact) mass is 408 g/mol. The molecular formula is C25H36N4O. The molecule has 30 heavy (non-hydrogen) atoms. The molecule has 5 nitrogen and oxygen atoms in total. The molecule has 2 atom stereocenters. The Balaban J connectivity index is 1.58. The van der Waals surface area contributed by atoms with Gasteiger partial charge < -0.3 is 9.74 Å². The maximum Gasteiger partial charge on any atom is 0.153 e. The Morgan fingerprint density at radius 2 is 2.00 bits per heavy atom. The van der Waals surface area contributed by atoms with Crippen molar-refractivity contribution < 1.29 is 4.84 Å². The Hall–Kier alpha value is -1.85. The summed E-state index contributed by atoms with van der Waals surface area (Å²) in [5.41, 5.74) is 4.67. The zero-order valence-corrected chi connectivity index (χ0v) is 18.9. The van der Waals surface area contributed by atoms with Gasteiger partial charge in [-0.25, -0.2) is 0 Å². The first-order valence-corrected chi connectivity index (χ1v) is 12.0. The number of aromatic nitrogens is 1. The van der Waals surface area contributed by atoms with E-state index in [4.69, 9.17) is 9.99 Å². The predicted molar refractivity (Wildman–Crippen MR) is 123 cm³/mol.